The first-order valence-electron chi connectivity index (χ1n) is 24.4. The molecule has 20 heteroatoms. The highest BCUT2D eigenvalue weighted by atomic mass is 32.2. The average Bonchev–Trinajstić information content (AvgIpc) is 3.97. The molecule has 0 aliphatic carbocycles. The summed E-state index contributed by atoms with van der Waals surface area (Å²) in [4.78, 5) is 69.4. The number of nitrogens with zero attached hydrogens (tertiary/aromatic N) is 4. The molecule has 0 radical (unpaired) electrons. The molecule has 9 rings (SSSR count). The Bertz CT molecular complexity index is 3220. The largest absolute Gasteiger partial charge is 0.463 e. The van der Waals surface area contributed by atoms with Crippen LogP contribution in [0.1, 0.15) is 52.1 Å². The van der Waals surface area contributed by atoms with Gasteiger partial charge in [0.05, 0.1) is 31.9 Å². The first kappa shape index (κ1) is 53.3. The highest BCUT2D eigenvalue weighted by Gasteiger charge is 2.35. The second kappa shape index (κ2) is 23.9. The Labute approximate surface area is 434 Å². The van der Waals surface area contributed by atoms with E-state index in [1.165, 1.54) is 4.90 Å². The number of carbonyl (C=O) groups excluding carboxylic acids is 5. The lowest BCUT2D eigenvalue weighted by atomic mass is 10.1. The summed E-state index contributed by atoms with van der Waals surface area (Å²) in [6, 6.07) is 39.7. The highest BCUT2D eigenvalue weighted by molar-refractivity contribution is 7.86. The lowest BCUT2D eigenvalue weighted by Crippen LogP contribution is -2.49. The minimum atomic E-state index is -3.64. The van der Waals surface area contributed by atoms with E-state index in [2.05, 4.69) is 20.4 Å². The zero-order valence-electron chi connectivity index (χ0n) is 41.7. The Morgan fingerprint density at radius 1 is 0.613 bits per heavy atom. The Morgan fingerprint density at radius 2 is 1.04 bits per heavy atom. The second-order valence-electron chi connectivity index (χ2n) is 18.5. The molecule has 0 bridgehead atoms. The highest BCUT2D eigenvalue weighted by Crippen LogP contribution is 2.25. The van der Waals surface area contributed by atoms with Crippen molar-refractivity contribution in [2.24, 2.45) is 0 Å². The van der Waals surface area contributed by atoms with E-state index >= 15 is 0 Å². The smallest absolute Gasteiger partial charge is 0.414 e. The van der Waals surface area contributed by atoms with Gasteiger partial charge in [-0.3, -0.25) is 44.1 Å². The maximum absolute atomic E-state index is 12.8. The molecule has 3 saturated heterocycles. The van der Waals surface area contributed by atoms with E-state index in [0.717, 1.165) is 54.0 Å². The summed E-state index contributed by atoms with van der Waals surface area (Å²) in [5, 5.41) is 25.8. The standard InChI is InChI=1S/C32H37N5O5.C23H21N3O6S/c1-22(2)41-29(38)13-14-35-15-17-36(18-16-35)20-28-21-37(32(40)42-28)27-11-9-24(10-12-27)30(33)34-31(39)26-8-7-23-5-3-4-6-25(23)19-26;1-33(29,30)31-14-20-13-26(23(28)32-20)19-10-8-16(9-11-19)21(24)25-22(27)18-7-6-15-4-2-3-5-17(15)12-18/h3-12,19,22,28H,13-18,20-21H2,1-2H3,(H2,33,34,39);2-12,20H,13-14H2,1H3,(H2,24,25,27). The number of ether oxygens (including phenoxy) is 3. The molecule has 0 spiro atoms. The zero-order valence-corrected chi connectivity index (χ0v) is 42.5. The van der Waals surface area contributed by atoms with Crippen molar-refractivity contribution in [2.45, 2.75) is 38.6 Å². The van der Waals surface area contributed by atoms with Crippen LogP contribution in [0.15, 0.2) is 133 Å². The minimum Gasteiger partial charge on any atom is -0.463 e. The third-order valence-corrected chi connectivity index (χ3v) is 13.1. The quantitative estimate of drug-likeness (QED) is 0.0273. The number of amidine groups is 2. The van der Waals surface area contributed by atoms with Gasteiger partial charge in [-0.15, -0.1) is 0 Å². The number of hydrogen-bond acceptors (Lipinski definition) is 15. The number of esters is 1. The number of benzene rings is 6. The Kier molecular flexibility index (Phi) is 17.0. The van der Waals surface area contributed by atoms with Crippen molar-refractivity contribution in [2.75, 3.05) is 75.0 Å². The number of rotatable bonds is 15. The van der Waals surface area contributed by atoms with Crippen molar-refractivity contribution in [3.63, 3.8) is 0 Å². The van der Waals surface area contributed by atoms with Gasteiger partial charge in [-0.05, 0) is 108 Å². The van der Waals surface area contributed by atoms with Gasteiger partial charge in [-0.25, -0.2) is 9.59 Å². The van der Waals surface area contributed by atoms with Crippen LogP contribution < -0.4 is 20.4 Å². The number of piperazine rings is 1. The summed E-state index contributed by atoms with van der Waals surface area (Å²) >= 11 is 0. The SMILES string of the molecule is CC(C)OC(=O)CCN1CCN(CC2CN(c3ccc(C(=N)NC(=O)c4ccc5ccccc5c4)cc3)C(=O)O2)CC1.CS(=O)(=O)OCC1CN(c2ccc(C(=N)NC(=O)c3ccc4ccccc4c3)cc2)C(=O)O1. The molecule has 390 valence electrons. The molecule has 6 aromatic carbocycles. The fourth-order valence-electron chi connectivity index (χ4n) is 8.69. The van der Waals surface area contributed by atoms with Gasteiger partial charge in [-0.2, -0.15) is 8.42 Å². The van der Waals surface area contributed by atoms with E-state index in [1.807, 2.05) is 80.6 Å². The van der Waals surface area contributed by atoms with Crippen LogP contribution in [0.2, 0.25) is 0 Å². The molecule has 0 saturated carbocycles. The molecule has 3 fully saturated rings. The topological polar surface area (TPSA) is 241 Å². The van der Waals surface area contributed by atoms with Crippen LogP contribution in [0.25, 0.3) is 21.5 Å². The third kappa shape index (κ3) is 14.4. The number of fused-ring (bicyclic) bond motifs is 2. The van der Waals surface area contributed by atoms with Crippen LogP contribution in [0.3, 0.4) is 0 Å². The van der Waals surface area contributed by atoms with Crippen molar-refractivity contribution in [1.29, 1.82) is 10.8 Å². The summed E-state index contributed by atoms with van der Waals surface area (Å²) in [6.07, 6.45) is -0.755. The number of amides is 4. The summed E-state index contributed by atoms with van der Waals surface area (Å²) in [7, 11) is -3.64. The zero-order chi connectivity index (χ0) is 53.2. The molecular formula is C55H58N8O11S. The second-order valence-corrected chi connectivity index (χ2v) is 20.2. The van der Waals surface area contributed by atoms with Crippen molar-refractivity contribution in [3.8, 4) is 0 Å². The minimum absolute atomic E-state index is 0.0162. The summed E-state index contributed by atoms with van der Waals surface area (Å²) < 4.78 is 42.9. The van der Waals surface area contributed by atoms with E-state index in [1.54, 1.807) is 71.6 Å². The molecular weight excluding hydrogens is 981 g/mol. The van der Waals surface area contributed by atoms with Gasteiger partial charge < -0.3 is 29.7 Å². The number of anilines is 2. The van der Waals surface area contributed by atoms with Crippen LogP contribution in [0.4, 0.5) is 21.0 Å². The lowest BCUT2D eigenvalue weighted by molar-refractivity contribution is -0.147. The normalized spacial score (nSPS) is 17.0. The fraction of sp³-hybridized carbons (Fsp3) is 0.291. The van der Waals surface area contributed by atoms with Crippen molar-refractivity contribution in [1.82, 2.24) is 20.4 Å². The van der Waals surface area contributed by atoms with Gasteiger partial charge in [0.15, 0.2) is 0 Å². The van der Waals surface area contributed by atoms with Crippen molar-refractivity contribution >= 4 is 84.7 Å². The maximum Gasteiger partial charge on any atom is 0.414 e. The van der Waals surface area contributed by atoms with Crippen molar-refractivity contribution in [3.05, 3.63) is 156 Å². The van der Waals surface area contributed by atoms with E-state index in [0.29, 0.717) is 59.7 Å². The Morgan fingerprint density at radius 3 is 1.51 bits per heavy atom. The van der Waals surface area contributed by atoms with Crippen LogP contribution in [0, 0.1) is 10.8 Å². The van der Waals surface area contributed by atoms with Gasteiger partial charge in [0, 0.05) is 72.9 Å². The van der Waals surface area contributed by atoms with E-state index in [9.17, 15) is 32.4 Å². The first-order valence-corrected chi connectivity index (χ1v) is 26.2. The van der Waals surface area contributed by atoms with Crippen LogP contribution in [0.5, 0.6) is 0 Å². The summed E-state index contributed by atoms with van der Waals surface area (Å²) in [6.45, 7) is 8.74. The van der Waals surface area contributed by atoms with Gasteiger partial charge in [-0.1, -0.05) is 60.7 Å². The number of hydrogen-bond donors (Lipinski definition) is 4. The number of nitrogens with one attached hydrogen (secondary N) is 4. The first-order chi connectivity index (χ1) is 35.9. The third-order valence-electron chi connectivity index (χ3n) is 12.6. The average molecular weight is 1040 g/mol. The molecule has 3 aliphatic heterocycles. The van der Waals surface area contributed by atoms with Crippen LogP contribution in [-0.2, 0) is 33.3 Å². The van der Waals surface area contributed by atoms with Gasteiger partial charge in [0.25, 0.3) is 21.9 Å². The predicted octanol–water partition coefficient (Wildman–Crippen LogP) is 6.78. The molecule has 3 heterocycles. The summed E-state index contributed by atoms with van der Waals surface area (Å²) in [5.74, 6) is -1.01. The predicted molar refractivity (Wildman–Crippen MR) is 284 cm³/mol. The molecule has 19 nitrogen and oxygen atoms in total. The molecule has 0 aromatic heterocycles. The Balaban J connectivity index is 0.000000205. The summed E-state index contributed by atoms with van der Waals surface area (Å²) in [5.41, 5.74) is 3.10. The van der Waals surface area contributed by atoms with E-state index in [-0.39, 0.29) is 48.9 Å². The van der Waals surface area contributed by atoms with Crippen LogP contribution in [-0.4, -0.2) is 143 Å². The van der Waals surface area contributed by atoms with E-state index in [4.69, 9.17) is 29.2 Å². The Hall–Kier alpha value is -8.04. The lowest BCUT2D eigenvalue weighted by Gasteiger charge is -2.35. The van der Waals surface area contributed by atoms with Gasteiger partial charge >= 0.3 is 18.2 Å². The maximum atomic E-state index is 12.8. The molecule has 4 amide bonds. The van der Waals surface area contributed by atoms with Gasteiger partial charge in [0.1, 0.15) is 30.5 Å². The molecule has 75 heavy (non-hydrogen) atoms. The molecule has 2 atom stereocenters. The van der Waals surface area contributed by atoms with Crippen molar-refractivity contribution < 1.29 is 50.8 Å². The fourth-order valence-corrected chi connectivity index (χ4v) is 9.09. The number of carbonyl (C=O) groups is 5. The van der Waals surface area contributed by atoms with Gasteiger partial charge in [0.2, 0.25) is 0 Å². The molecule has 4 N–H and O–H groups in total. The number of cyclic esters (lactones) is 2. The van der Waals surface area contributed by atoms with Crippen LogP contribution >= 0.6 is 0 Å². The molecule has 2 unspecified atom stereocenters. The molecule has 6 aromatic rings. The van der Waals surface area contributed by atoms with E-state index < -0.39 is 34.3 Å². The molecule has 3 aliphatic rings. The monoisotopic (exact) mass is 1040 g/mol.